The van der Waals surface area contributed by atoms with Crippen LogP contribution in [0.3, 0.4) is 0 Å². The third kappa shape index (κ3) is 4.27. The normalized spacial score (nSPS) is 17.7. The number of carbonyl (C=O) groups excluding carboxylic acids is 1. The minimum absolute atomic E-state index is 0.141. The Labute approximate surface area is 158 Å². The summed E-state index contributed by atoms with van der Waals surface area (Å²) >= 11 is 0. The van der Waals surface area contributed by atoms with Crippen LogP contribution in [-0.4, -0.2) is 54.0 Å². The molecule has 4 nitrogen and oxygen atoms in total. The van der Waals surface area contributed by atoms with E-state index in [2.05, 4.69) is 11.9 Å². The summed E-state index contributed by atoms with van der Waals surface area (Å²) in [5, 5.41) is 9.95. The molecule has 0 spiro atoms. The van der Waals surface area contributed by atoms with Crippen molar-refractivity contribution in [1.82, 2.24) is 9.80 Å². The summed E-state index contributed by atoms with van der Waals surface area (Å²) in [4.78, 5) is 16.8. The molecule has 0 aliphatic carbocycles. The molecule has 2 aromatic rings. The average Bonchev–Trinajstić information content (AvgIpc) is 2.66. The predicted molar refractivity (Wildman–Crippen MR) is 101 cm³/mol. The number of amides is 1. The summed E-state index contributed by atoms with van der Waals surface area (Å²) in [5.41, 5.74) is 1.05. The molecule has 144 valence electrons. The van der Waals surface area contributed by atoms with Gasteiger partial charge in [0.1, 0.15) is 5.75 Å². The van der Waals surface area contributed by atoms with Gasteiger partial charge in [-0.25, -0.2) is 8.78 Å². The first kappa shape index (κ1) is 19.3. The minimum Gasteiger partial charge on any atom is -0.507 e. The number of phenolic OH excluding ortho intramolecular Hbond substituents is 1. The second-order valence-electron chi connectivity index (χ2n) is 7.18. The topological polar surface area (TPSA) is 43.8 Å². The molecule has 1 aliphatic heterocycles. The van der Waals surface area contributed by atoms with Gasteiger partial charge in [0, 0.05) is 36.8 Å². The van der Waals surface area contributed by atoms with Crippen molar-refractivity contribution in [2.75, 3.05) is 27.2 Å². The van der Waals surface area contributed by atoms with Gasteiger partial charge in [-0.15, -0.1) is 0 Å². The van der Waals surface area contributed by atoms with Crippen molar-refractivity contribution in [3.8, 4) is 16.9 Å². The first-order valence-corrected chi connectivity index (χ1v) is 9.11. The zero-order chi connectivity index (χ0) is 19.6. The third-order valence-electron chi connectivity index (χ3n) is 5.21. The largest absolute Gasteiger partial charge is 0.507 e. The third-order valence-corrected chi connectivity index (χ3v) is 5.21. The number of aromatic hydroxyl groups is 1. The molecule has 0 aromatic heterocycles. The smallest absolute Gasteiger partial charge is 0.253 e. The predicted octanol–water partition coefficient (Wildman–Crippen LogP) is 3.89. The summed E-state index contributed by atoms with van der Waals surface area (Å²) in [6.45, 7) is 1.67. The van der Waals surface area contributed by atoms with Crippen LogP contribution in [0.2, 0.25) is 0 Å². The van der Waals surface area contributed by atoms with Crippen LogP contribution in [0, 0.1) is 11.6 Å². The molecule has 1 heterocycles. The number of hydrogen-bond donors (Lipinski definition) is 1. The van der Waals surface area contributed by atoms with E-state index >= 15 is 0 Å². The maximum atomic E-state index is 13.6. The molecule has 1 atom stereocenters. The molecule has 2 aromatic carbocycles. The molecule has 6 heteroatoms. The lowest BCUT2D eigenvalue weighted by Gasteiger charge is -2.35. The summed E-state index contributed by atoms with van der Waals surface area (Å²) in [6.07, 6.45) is 3.42. The lowest BCUT2D eigenvalue weighted by atomic mass is 10.0. The zero-order valence-corrected chi connectivity index (χ0v) is 15.6. The number of halogens is 2. The number of benzene rings is 2. The van der Waals surface area contributed by atoms with Gasteiger partial charge in [0.2, 0.25) is 0 Å². The highest BCUT2D eigenvalue weighted by molar-refractivity contribution is 5.95. The molecule has 0 bridgehead atoms. The second-order valence-corrected chi connectivity index (χ2v) is 7.18. The first-order valence-electron chi connectivity index (χ1n) is 9.11. The summed E-state index contributed by atoms with van der Waals surface area (Å²) < 4.78 is 26.8. The van der Waals surface area contributed by atoms with E-state index in [0.717, 1.165) is 25.1 Å². The Morgan fingerprint density at radius 3 is 2.70 bits per heavy atom. The van der Waals surface area contributed by atoms with Gasteiger partial charge in [-0.1, -0.05) is 18.6 Å². The second kappa shape index (κ2) is 8.05. The van der Waals surface area contributed by atoms with Gasteiger partial charge in [0.05, 0.1) is 0 Å². The van der Waals surface area contributed by atoms with Crippen LogP contribution in [0.5, 0.6) is 5.75 Å². The molecule has 27 heavy (non-hydrogen) atoms. The fourth-order valence-corrected chi connectivity index (χ4v) is 3.58. The quantitative estimate of drug-likeness (QED) is 0.883. The first-order chi connectivity index (χ1) is 12.9. The zero-order valence-electron chi connectivity index (χ0n) is 15.6. The van der Waals surface area contributed by atoms with Crippen molar-refractivity contribution in [3.63, 3.8) is 0 Å². The molecule has 3 rings (SSSR count). The van der Waals surface area contributed by atoms with Gasteiger partial charge in [-0.3, -0.25) is 4.79 Å². The highest BCUT2D eigenvalue weighted by atomic mass is 19.2. The Morgan fingerprint density at radius 2 is 1.96 bits per heavy atom. The molecule has 1 N–H and O–H groups in total. The number of hydrogen-bond acceptors (Lipinski definition) is 3. The van der Waals surface area contributed by atoms with Crippen LogP contribution in [0.25, 0.3) is 11.1 Å². The summed E-state index contributed by atoms with van der Waals surface area (Å²) in [5.74, 6) is -2.66. The van der Waals surface area contributed by atoms with Crippen LogP contribution in [0.15, 0.2) is 36.4 Å². The lowest BCUT2D eigenvalue weighted by Crippen LogP contribution is -2.45. The number of carbonyl (C=O) groups is 1. The van der Waals surface area contributed by atoms with Crippen LogP contribution >= 0.6 is 0 Å². The Morgan fingerprint density at radius 1 is 1.22 bits per heavy atom. The van der Waals surface area contributed by atoms with E-state index in [0.29, 0.717) is 23.7 Å². The number of likely N-dealkylation sites (tertiary alicyclic amines) is 1. The maximum Gasteiger partial charge on any atom is 0.253 e. The van der Waals surface area contributed by atoms with E-state index in [1.807, 2.05) is 0 Å². The number of likely N-dealkylation sites (N-methyl/N-ethyl adjacent to an activating group) is 2. The molecule has 0 radical (unpaired) electrons. The fraction of sp³-hybridized carbons (Fsp3) is 0.381. The van der Waals surface area contributed by atoms with Gasteiger partial charge in [0.25, 0.3) is 5.91 Å². The lowest BCUT2D eigenvalue weighted by molar-refractivity contribution is 0.0717. The van der Waals surface area contributed by atoms with Gasteiger partial charge in [0.15, 0.2) is 11.6 Å². The van der Waals surface area contributed by atoms with Crippen molar-refractivity contribution < 1.29 is 18.7 Å². The van der Waals surface area contributed by atoms with Crippen LogP contribution < -0.4 is 0 Å². The molecule has 1 fully saturated rings. The van der Waals surface area contributed by atoms with Crippen LogP contribution in [0.1, 0.15) is 29.6 Å². The monoisotopic (exact) mass is 374 g/mol. The van der Waals surface area contributed by atoms with Gasteiger partial charge < -0.3 is 14.9 Å². The van der Waals surface area contributed by atoms with E-state index in [-0.39, 0.29) is 17.2 Å². The maximum absolute atomic E-state index is 13.6. The fourth-order valence-electron chi connectivity index (χ4n) is 3.58. The Kier molecular flexibility index (Phi) is 5.75. The van der Waals surface area contributed by atoms with E-state index in [1.165, 1.54) is 12.8 Å². The van der Waals surface area contributed by atoms with Gasteiger partial charge in [-0.2, -0.15) is 0 Å². The summed E-state index contributed by atoms with van der Waals surface area (Å²) in [6, 6.07) is 8.62. The van der Waals surface area contributed by atoms with Crippen molar-refractivity contribution >= 4 is 5.91 Å². The Balaban J connectivity index is 1.80. The van der Waals surface area contributed by atoms with Gasteiger partial charge in [-0.05, 0) is 50.2 Å². The molecule has 1 amide bonds. The van der Waals surface area contributed by atoms with Crippen LogP contribution in [0.4, 0.5) is 8.78 Å². The molecule has 1 unspecified atom stereocenters. The number of nitrogens with zero attached hydrogens (tertiary/aromatic N) is 2. The van der Waals surface area contributed by atoms with E-state index < -0.39 is 11.6 Å². The standard InChI is InChI=1S/C21H24F2N2O2/c1-24-9-4-3-8-16(24)13-25(2)21(27)15-7-5-6-14(10-15)17-11-18(22)19(23)12-20(17)26/h5-7,10-12,16,26H,3-4,8-9,13H2,1-2H3. The van der Waals surface area contributed by atoms with E-state index in [1.54, 1.807) is 36.2 Å². The van der Waals surface area contributed by atoms with E-state index in [4.69, 9.17) is 0 Å². The molecular formula is C21H24F2N2O2. The molecule has 0 saturated carbocycles. The number of phenols is 1. The highest BCUT2D eigenvalue weighted by Crippen LogP contribution is 2.31. The van der Waals surface area contributed by atoms with E-state index in [9.17, 15) is 18.7 Å². The molecule has 1 saturated heterocycles. The minimum atomic E-state index is -1.11. The van der Waals surface area contributed by atoms with Crippen LogP contribution in [-0.2, 0) is 0 Å². The number of piperidine rings is 1. The van der Waals surface area contributed by atoms with Crippen molar-refractivity contribution in [2.45, 2.75) is 25.3 Å². The molecule has 1 aliphatic rings. The van der Waals surface area contributed by atoms with Crippen molar-refractivity contribution in [1.29, 1.82) is 0 Å². The van der Waals surface area contributed by atoms with Crippen molar-refractivity contribution in [3.05, 3.63) is 53.6 Å². The van der Waals surface area contributed by atoms with Gasteiger partial charge >= 0.3 is 0 Å². The summed E-state index contributed by atoms with van der Waals surface area (Å²) in [7, 11) is 3.85. The average molecular weight is 374 g/mol. The SMILES string of the molecule is CN(CC1CCCCN1C)C(=O)c1cccc(-c2cc(F)c(F)cc2O)c1. The Hall–Kier alpha value is -2.47. The highest BCUT2D eigenvalue weighted by Gasteiger charge is 2.23. The molecular weight excluding hydrogens is 350 g/mol. The van der Waals surface area contributed by atoms with Crippen molar-refractivity contribution in [2.24, 2.45) is 0 Å². The number of rotatable bonds is 4. The Bertz CT molecular complexity index is 841.